The number of hydrogen-bond donors (Lipinski definition) is 1. The summed E-state index contributed by atoms with van der Waals surface area (Å²) in [7, 11) is 3.07. The van der Waals surface area contributed by atoms with Crippen LogP contribution in [0.25, 0.3) is 0 Å². The smallest absolute Gasteiger partial charge is 0.267 e. The van der Waals surface area contributed by atoms with Gasteiger partial charge in [-0.1, -0.05) is 12.1 Å². The van der Waals surface area contributed by atoms with Gasteiger partial charge in [0.25, 0.3) is 5.91 Å². The van der Waals surface area contributed by atoms with Crippen molar-refractivity contribution in [3.05, 3.63) is 42.5 Å². The molecule has 1 unspecified atom stereocenters. The number of hydrogen-bond acceptors (Lipinski definition) is 5. The van der Waals surface area contributed by atoms with E-state index in [1.54, 1.807) is 36.4 Å². The van der Waals surface area contributed by atoms with E-state index < -0.39 is 6.10 Å². The summed E-state index contributed by atoms with van der Waals surface area (Å²) in [6.45, 7) is 1.60. The average molecular weight is 356 g/mol. The second kappa shape index (κ2) is 7.35. The fourth-order valence-corrected chi connectivity index (χ4v) is 2.77. The molecule has 0 saturated carbocycles. The highest BCUT2D eigenvalue weighted by Crippen LogP contribution is 2.33. The van der Waals surface area contributed by atoms with Gasteiger partial charge in [0.1, 0.15) is 17.2 Å². The minimum absolute atomic E-state index is 0.138. The Hall–Kier alpha value is -3.22. The third-order valence-electron chi connectivity index (χ3n) is 4.07. The molecule has 136 valence electrons. The van der Waals surface area contributed by atoms with Crippen molar-refractivity contribution in [2.45, 2.75) is 13.0 Å². The molecule has 1 aliphatic rings. The Morgan fingerprint density at radius 2 is 1.77 bits per heavy atom. The maximum Gasteiger partial charge on any atom is 0.267 e. The Morgan fingerprint density at radius 3 is 2.38 bits per heavy atom. The van der Waals surface area contributed by atoms with Crippen LogP contribution < -0.4 is 24.4 Å². The van der Waals surface area contributed by atoms with Crippen molar-refractivity contribution < 1.29 is 23.8 Å². The minimum atomic E-state index is -0.828. The van der Waals surface area contributed by atoms with Gasteiger partial charge in [0.15, 0.2) is 6.10 Å². The molecule has 0 aliphatic carbocycles. The molecule has 1 N–H and O–H groups in total. The van der Waals surface area contributed by atoms with Crippen molar-refractivity contribution in [2.75, 3.05) is 31.0 Å². The first-order chi connectivity index (χ1) is 12.5. The van der Waals surface area contributed by atoms with Gasteiger partial charge in [0.05, 0.1) is 26.5 Å². The number of rotatable bonds is 4. The van der Waals surface area contributed by atoms with Crippen molar-refractivity contribution in [3.8, 4) is 17.2 Å². The Bertz CT molecular complexity index is 814. The van der Waals surface area contributed by atoms with E-state index in [-0.39, 0.29) is 18.4 Å². The molecular formula is C19H20N2O5. The quantitative estimate of drug-likeness (QED) is 0.911. The van der Waals surface area contributed by atoms with E-state index in [1.807, 2.05) is 6.07 Å². The molecule has 7 heteroatoms. The van der Waals surface area contributed by atoms with Gasteiger partial charge < -0.3 is 24.4 Å². The lowest BCUT2D eigenvalue weighted by Crippen LogP contribution is -2.48. The molecule has 0 radical (unpaired) electrons. The van der Waals surface area contributed by atoms with E-state index in [2.05, 4.69) is 5.32 Å². The predicted molar refractivity (Wildman–Crippen MR) is 97.1 cm³/mol. The largest absolute Gasteiger partial charge is 0.497 e. The fourth-order valence-electron chi connectivity index (χ4n) is 2.77. The first kappa shape index (κ1) is 17.6. The summed E-state index contributed by atoms with van der Waals surface area (Å²) < 4.78 is 16.2. The van der Waals surface area contributed by atoms with Crippen LogP contribution in [0.2, 0.25) is 0 Å². The SMILES string of the molecule is COc1cc(NC(=O)C2CN(C(C)=O)c3ccccc3O2)cc(OC)c1. The molecule has 2 amide bonds. The molecule has 0 bridgehead atoms. The van der Waals surface area contributed by atoms with Gasteiger partial charge in [0.2, 0.25) is 5.91 Å². The minimum Gasteiger partial charge on any atom is -0.497 e. The number of anilines is 2. The number of benzene rings is 2. The average Bonchev–Trinajstić information content (AvgIpc) is 2.66. The monoisotopic (exact) mass is 356 g/mol. The Labute approximate surface area is 151 Å². The summed E-state index contributed by atoms with van der Waals surface area (Å²) in [5, 5.41) is 2.79. The lowest BCUT2D eigenvalue weighted by atomic mass is 10.1. The zero-order chi connectivity index (χ0) is 18.7. The number of carbonyl (C=O) groups is 2. The summed E-state index contributed by atoms with van der Waals surface area (Å²) in [6, 6.07) is 12.2. The van der Waals surface area contributed by atoms with E-state index >= 15 is 0 Å². The van der Waals surface area contributed by atoms with Gasteiger partial charge in [-0.3, -0.25) is 9.59 Å². The highest BCUT2D eigenvalue weighted by Gasteiger charge is 2.32. The maximum absolute atomic E-state index is 12.7. The summed E-state index contributed by atoms with van der Waals surface area (Å²) >= 11 is 0. The van der Waals surface area contributed by atoms with Gasteiger partial charge in [-0.05, 0) is 12.1 Å². The van der Waals surface area contributed by atoms with Crippen LogP contribution in [0.1, 0.15) is 6.92 Å². The number of nitrogens with one attached hydrogen (secondary N) is 1. The Morgan fingerprint density at radius 1 is 1.12 bits per heavy atom. The van der Waals surface area contributed by atoms with Gasteiger partial charge in [0, 0.05) is 30.8 Å². The normalized spacial score (nSPS) is 15.5. The highest BCUT2D eigenvalue weighted by atomic mass is 16.5. The van der Waals surface area contributed by atoms with E-state index in [0.717, 1.165) is 0 Å². The lowest BCUT2D eigenvalue weighted by molar-refractivity contribution is -0.123. The van der Waals surface area contributed by atoms with Crippen LogP contribution in [-0.4, -0.2) is 38.7 Å². The lowest BCUT2D eigenvalue weighted by Gasteiger charge is -2.33. The van der Waals surface area contributed by atoms with E-state index in [0.29, 0.717) is 28.6 Å². The van der Waals surface area contributed by atoms with Crippen molar-refractivity contribution >= 4 is 23.2 Å². The molecule has 0 aromatic heterocycles. The molecule has 2 aromatic carbocycles. The number of carbonyl (C=O) groups excluding carboxylic acids is 2. The van der Waals surface area contributed by atoms with E-state index in [1.165, 1.54) is 26.0 Å². The van der Waals surface area contributed by atoms with Crippen LogP contribution >= 0.6 is 0 Å². The zero-order valence-electron chi connectivity index (χ0n) is 14.8. The predicted octanol–water partition coefficient (Wildman–Crippen LogP) is 2.46. The van der Waals surface area contributed by atoms with Gasteiger partial charge in [-0.15, -0.1) is 0 Å². The van der Waals surface area contributed by atoms with Crippen molar-refractivity contribution in [2.24, 2.45) is 0 Å². The Kier molecular flexibility index (Phi) is 4.97. The summed E-state index contributed by atoms with van der Waals surface area (Å²) in [5.74, 6) is 1.10. The molecule has 2 aromatic rings. The van der Waals surface area contributed by atoms with Crippen LogP contribution in [-0.2, 0) is 9.59 Å². The molecule has 1 atom stereocenters. The molecule has 1 heterocycles. The van der Waals surface area contributed by atoms with Gasteiger partial charge in [-0.25, -0.2) is 0 Å². The van der Waals surface area contributed by atoms with Crippen LogP contribution in [0.4, 0.5) is 11.4 Å². The van der Waals surface area contributed by atoms with Crippen molar-refractivity contribution in [1.82, 2.24) is 0 Å². The maximum atomic E-state index is 12.7. The van der Waals surface area contributed by atoms with Crippen molar-refractivity contribution in [3.63, 3.8) is 0 Å². The van der Waals surface area contributed by atoms with Crippen LogP contribution in [0.3, 0.4) is 0 Å². The molecule has 0 spiro atoms. The number of methoxy groups -OCH3 is 2. The molecular weight excluding hydrogens is 336 g/mol. The van der Waals surface area contributed by atoms with Crippen LogP contribution in [0, 0.1) is 0 Å². The van der Waals surface area contributed by atoms with Crippen LogP contribution in [0.5, 0.6) is 17.2 Å². The van der Waals surface area contributed by atoms with Crippen molar-refractivity contribution in [1.29, 1.82) is 0 Å². The number of ether oxygens (including phenoxy) is 3. The third-order valence-corrected chi connectivity index (χ3v) is 4.07. The standard InChI is InChI=1S/C19H20N2O5/c1-12(22)21-11-18(26-17-7-5-4-6-16(17)21)19(23)20-13-8-14(24-2)10-15(9-13)25-3/h4-10,18H,11H2,1-3H3,(H,20,23). The topological polar surface area (TPSA) is 77.1 Å². The first-order valence-electron chi connectivity index (χ1n) is 8.09. The van der Waals surface area contributed by atoms with Gasteiger partial charge in [-0.2, -0.15) is 0 Å². The summed E-state index contributed by atoms with van der Waals surface area (Å²) in [6.07, 6.45) is -0.828. The van der Waals surface area contributed by atoms with E-state index in [9.17, 15) is 9.59 Å². The summed E-state index contributed by atoms with van der Waals surface area (Å²) in [5.41, 5.74) is 1.18. The molecule has 7 nitrogen and oxygen atoms in total. The Balaban J connectivity index is 1.82. The molecule has 0 fully saturated rings. The number of fused-ring (bicyclic) bond motifs is 1. The first-order valence-corrected chi connectivity index (χ1v) is 8.09. The number of amides is 2. The molecule has 3 rings (SSSR count). The molecule has 0 saturated heterocycles. The van der Waals surface area contributed by atoms with E-state index in [4.69, 9.17) is 14.2 Å². The summed E-state index contributed by atoms with van der Waals surface area (Å²) in [4.78, 5) is 26.2. The number of para-hydroxylation sites is 2. The number of nitrogens with zero attached hydrogens (tertiary/aromatic N) is 1. The zero-order valence-corrected chi connectivity index (χ0v) is 14.8. The third kappa shape index (κ3) is 3.56. The van der Waals surface area contributed by atoms with Gasteiger partial charge >= 0.3 is 0 Å². The molecule has 1 aliphatic heterocycles. The second-order valence-electron chi connectivity index (χ2n) is 5.79. The molecule has 26 heavy (non-hydrogen) atoms. The fraction of sp³-hybridized carbons (Fsp3) is 0.263. The second-order valence-corrected chi connectivity index (χ2v) is 5.79. The van der Waals surface area contributed by atoms with Crippen LogP contribution in [0.15, 0.2) is 42.5 Å². The highest BCUT2D eigenvalue weighted by molar-refractivity contribution is 5.99.